The molecule has 0 bridgehead atoms. The van der Waals surface area contributed by atoms with Gasteiger partial charge in [0.2, 0.25) is 11.4 Å². The highest BCUT2D eigenvalue weighted by atomic mass is 16.4. The van der Waals surface area contributed by atoms with Crippen molar-refractivity contribution in [1.82, 2.24) is 4.98 Å². The van der Waals surface area contributed by atoms with Gasteiger partial charge in [0, 0.05) is 42.2 Å². The zero-order chi connectivity index (χ0) is 22.8. The Morgan fingerprint density at radius 1 is 0.688 bits per heavy atom. The highest BCUT2D eigenvalue weighted by Crippen LogP contribution is 2.29. The third kappa shape index (κ3) is 3.84. The molecule has 2 aromatic carbocycles. The molecule has 8 nitrogen and oxygen atoms in total. The summed E-state index contributed by atoms with van der Waals surface area (Å²) in [6, 6.07) is 15.7. The van der Waals surface area contributed by atoms with Crippen molar-refractivity contribution in [3.63, 3.8) is 0 Å². The van der Waals surface area contributed by atoms with Gasteiger partial charge in [-0.2, -0.15) is 4.57 Å². The number of rotatable bonds is 5. The lowest BCUT2D eigenvalue weighted by Crippen LogP contribution is -2.33. The summed E-state index contributed by atoms with van der Waals surface area (Å²) in [6.07, 6.45) is 5.02. The fraction of sp³-hybridized carbons (Fsp3) is 0. The first-order chi connectivity index (χ1) is 15.3. The lowest BCUT2D eigenvalue weighted by atomic mass is 10.0. The van der Waals surface area contributed by atoms with Crippen molar-refractivity contribution >= 4 is 11.9 Å². The van der Waals surface area contributed by atoms with Gasteiger partial charge in [0.15, 0.2) is 6.20 Å². The number of hydrogen-bond donors (Lipinski definition) is 4. The molecule has 32 heavy (non-hydrogen) atoms. The van der Waals surface area contributed by atoms with E-state index in [2.05, 4.69) is 4.98 Å². The number of pyridine rings is 2. The predicted molar refractivity (Wildman–Crippen MR) is 114 cm³/mol. The zero-order valence-corrected chi connectivity index (χ0v) is 16.5. The Morgan fingerprint density at radius 3 is 1.97 bits per heavy atom. The van der Waals surface area contributed by atoms with E-state index in [1.54, 1.807) is 35.3 Å². The van der Waals surface area contributed by atoms with Crippen molar-refractivity contribution in [3.05, 3.63) is 90.4 Å². The van der Waals surface area contributed by atoms with Gasteiger partial charge in [-0.1, -0.05) is 0 Å². The van der Waals surface area contributed by atoms with Gasteiger partial charge in [0.05, 0.1) is 0 Å². The molecule has 0 saturated carbocycles. The number of carbonyl (C=O) groups is 2. The van der Waals surface area contributed by atoms with E-state index in [0.29, 0.717) is 16.9 Å². The van der Waals surface area contributed by atoms with Crippen molar-refractivity contribution in [2.75, 3.05) is 0 Å². The SMILES string of the molecule is O=C(O)c1cc(-c2cc(-c3ccncc3)cc[n+]2-c2ccc(O)c(C(=O)O)c2)ccc1O. The summed E-state index contributed by atoms with van der Waals surface area (Å²) in [7, 11) is 0. The molecular weight excluding hydrogens is 412 g/mol. The average Bonchev–Trinajstić information content (AvgIpc) is 2.79. The highest BCUT2D eigenvalue weighted by molar-refractivity contribution is 5.92. The zero-order valence-electron chi connectivity index (χ0n) is 16.5. The van der Waals surface area contributed by atoms with Crippen LogP contribution in [-0.4, -0.2) is 37.3 Å². The normalized spacial score (nSPS) is 10.6. The van der Waals surface area contributed by atoms with Gasteiger partial charge in [-0.15, -0.1) is 0 Å². The topological polar surface area (TPSA) is 132 Å². The molecule has 0 aliphatic carbocycles. The number of aromatic nitrogens is 2. The van der Waals surface area contributed by atoms with Gasteiger partial charge in [-0.25, -0.2) is 9.59 Å². The first-order valence-corrected chi connectivity index (χ1v) is 9.44. The molecule has 0 aliphatic heterocycles. The van der Waals surface area contributed by atoms with Crippen LogP contribution >= 0.6 is 0 Å². The highest BCUT2D eigenvalue weighted by Gasteiger charge is 2.22. The predicted octanol–water partition coefficient (Wildman–Crippen LogP) is 3.50. The van der Waals surface area contributed by atoms with Crippen LogP contribution in [-0.2, 0) is 0 Å². The standard InChI is InChI=1S/C24H16N2O6/c27-21-3-1-16(11-18(21)23(29)30)20-12-15(14-5-8-25-9-6-14)7-10-26(20)17-2-4-22(28)19(13-17)24(31)32/h1-13H,(H3,28,29,30,31,32)/p+1. The molecule has 0 fully saturated rings. The van der Waals surface area contributed by atoms with Gasteiger partial charge in [-0.3, -0.25) is 4.98 Å². The van der Waals surface area contributed by atoms with Crippen molar-refractivity contribution in [2.45, 2.75) is 0 Å². The van der Waals surface area contributed by atoms with Crippen LogP contribution in [0.1, 0.15) is 20.7 Å². The Hall–Kier alpha value is -4.72. The van der Waals surface area contributed by atoms with Crippen LogP contribution in [0.15, 0.2) is 79.3 Å². The molecule has 0 radical (unpaired) electrons. The third-order valence-electron chi connectivity index (χ3n) is 4.98. The van der Waals surface area contributed by atoms with Crippen LogP contribution in [0, 0.1) is 0 Å². The number of nitrogens with zero attached hydrogens (tertiary/aromatic N) is 2. The quantitative estimate of drug-likeness (QED) is 0.357. The minimum atomic E-state index is -1.28. The van der Waals surface area contributed by atoms with E-state index in [-0.39, 0.29) is 22.6 Å². The van der Waals surface area contributed by atoms with E-state index in [1.165, 1.54) is 24.3 Å². The number of aromatic carboxylic acids is 2. The van der Waals surface area contributed by atoms with E-state index >= 15 is 0 Å². The second kappa shape index (κ2) is 8.19. The van der Waals surface area contributed by atoms with Crippen LogP contribution < -0.4 is 4.57 Å². The van der Waals surface area contributed by atoms with E-state index in [1.807, 2.05) is 24.3 Å². The number of benzene rings is 2. The maximum absolute atomic E-state index is 11.5. The second-order valence-electron chi connectivity index (χ2n) is 6.95. The van der Waals surface area contributed by atoms with Gasteiger partial charge in [-0.05, 0) is 47.5 Å². The van der Waals surface area contributed by atoms with Crippen LogP contribution in [0.3, 0.4) is 0 Å². The van der Waals surface area contributed by atoms with Crippen molar-refractivity contribution < 1.29 is 34.6 Å². The van der Waals surface area contributed by atoms with Gasteiger partial charge < -0.3 is 20.4 Å². The molecule has 4 aromatic rings. The van der Waals surface area contributed by atoms with Crippen LogP contribution in [0.5, 0.6) is 11.5 Å². The fourth-order valence-corrected chi connectivity index (χ4v) is 3.38. The number of phenols is 2. The first kappa shape index (κ1) is 20.5. The Balaban J connectivity index is 1.97. The minimum absolute atomic E-state index is 0.264. The van der Waals surface area contributed by atoms with Gasteiger partial charge in [0.25, 0.3) is 0 Å². The van der Waals surface area contributed by atoms with Crippen molar-refractivity contribution in [2.24, 2.45) is 0 Å². The fourth-order valence-electron chi connectivity index (χ4n) is 3.38. The summed E-state index contributed by atoms with van der Waals surface area (Å²) in [5, 5.41) is 38.6. The van der Waals surface area contributed by atoms with Crippen molar-refractivity contribution in [3.8, 4) is 39.6 Å². The lowest BCUT2D eigenvalue weighted by Gasteiger charge is -2.09. The number of hydrogen-bond acceptors (Lipinski definition) is 5. The van der Waals surface area contributed by atoms with E-state index in [0.717, 1.165) is 11.1 Å². The summed E-state index contributed by atoms with van der Waals surface area (Å²) in [6.45, 7) is 0. The Bertz CT molecular complexity index is 1350. The second-order valence-corrected chi connectivity index (χ2v) is 6.95. The van der Waals surface area contributed by atoms with Gasteiger partial charge >= 0.3 is 11.9 Å². The number of carboxylic acids is 2. The molecule has 4 rings (SSSR count). The summed E-state index contributed by atoms with van der Waals surface area (Å²) in [5.74, 6) is -3.29. The third-order valence-corrected chi connectivity index (χ3v) is 4.98. The van der Waals surface area contributed by atoms with E-state index < -0.39 is 11.9 Å². The largest absolute Gasteiger partial charge is 0.507 e. The van der Waals surface area contributed by atoms with Crippen LogP contribution in [0.4, 0.5) is 0 Å². The van der Waals surface area contributed by atoms with Crippen molar-refractivity contribution in [1.29, 1.82) is 0 Å². The molecule has 4 N–H and O–H groups in total. The first-order valence-electron chi connectivity index (χ1n) is 9.44. The summed E-state index contributed by atoms with van der Waals surface area (Å²) in [4.78, 5) is 27.0. The molecule has 0 atom stereocenters. The molecule has 0 amide bonds. The monoisotopic (exact) mass is 429 g/mol. The Kier molecular flexibility index (Phi) is 5.26. The minimum Gasteiger partial charge on any atom is -0.507 e. The molecule has 8 heteroatoms. The number of carboxylic acid groups (broad SMARTS) is 2. The van der Waals surface area contributed by atoms with E-state index in [9.17, 15) is 30.0 Å². The average molecular weight is 429 g/mol. The smallest absolute Gasteiger partial charge is 0.339 e. The Labute approximate surface area is 181 Å². The molecule has 158 valence electrons. The molecule has 0 unspecified atom stereocenters. The molecule has 2 heterocycles. The Morgan fingerprint density at radius 2 is 1.31 bits per heavy atom. The van der Waals surface area contributed by atoms with Crippen LogP contribution in [0.25, 0.3) is 28.1 Å². The maximum Gasteiger partial charge on any atom is 0.339 e. The number of aromatic hydroxyl groups is 2. The lowest BCUT2D eigenvalue weighted by molar-refractivity contribution is -0.583. The summed E-state index contributed by atoms with van der Waals surface area (Å²) < 4.78 is 1.68. The maximum atomic E-state index is 11.5. The summed E-state index contributed by atoms with van der Waals surface area (Å²) >= 11 is 0. The summed E-state index contributed by atoms with van der Waals surface area (Å²) in [5.41, 5.74) is 2.64. The molecule has 0 spiro atoms. The molecular formula is C24H17N2O6+. The van der Waals surface area contributed by atoms with Crippen LogP contribution in [0.2, 0.25) is 0 Å². The van der Waals surface area contributed by atoms with Gasteiger partial charge in [0.1, 0.15) is 22.6 Å². The molecule has 2 aromatic heterocycles. The molecule has 0 saturated heterocycles. The van der Waals surface area contributed by atoms with E-state index in [4.69, 9.17) is 0 Å². The molecule has 0 aliphatic rings.